The number of rotatable bonds is 7. The smallest absolute Gasteiger partial charge is 0.325 e. The highest BCUT2D eigenvalue weighted by Gasteiger charge is 2.26. The average Bonchev–Trinajstić information content (AvgIpc) is 3.31. The summed E-state index contributed by atoms with van der Waals surface area (Å²) >= 11 is 0. The molecule has 0 aliphatic heterocycles. The summed E-state index contributed by atoms with van der Waals surface area (Å²) in [5.41, 5.74) is 3.74. The summed E-state index contributed by atoms with van der Waals surface area (Å²) in [5.74, 6) is -0.216. The Bertz CT molecular complexity index is 1040. The molecule has 0 saturated heterocycles. The minimum atomic E-state index is -0.916. The molecule has 0 fully saturated rings. The van der Waals surface area contributed by atoms with Crippen molar-refractivity contribution >= 4 is 16.9 Å². The monoisotopic (exact) mass is 360 g/mol. The zero-order valence-electron chi connectivity index (χ0n) is 14.7. The van der Waals surface area contributed by atoms with Gasteiger partial charge in [0.2, 0.25) is 0 Å². The second-order valence-corrected chi connectivity index (χ2v) is 6.46. The molecule has 0 saturated carbocycles. The van der Waals surface area contributed by atoms with Gasteiger partial charge in [-0.15, -0.1) is 0 Å². The van der Waals surface area contributed by atoms with E-state index in [0.717, 1.165) is 27.7 Å². The van der Waals surface area contributed by atoms with Gasteiger partial charge in [0.25, 0.3) is 0 Å². The van der Waals surface area contributed by atoms with Gasteiger partial charge in [-0.1, -0.05) is 48.5 Å². The third-order valence-electron chi connectivity index (χ3n) is 4.65. The van der Waals surface area contributed by atoms with Crippen LogP contribution in [0.25, 0.3) is 10.9 Å². The van der Waals surface area contributed by atoms with Gasteiger partial charge >= 0.3 is 5.97 Å². The zero-order valence-corrected chi connectivity index (χ0v) is 14.7. The van der Waals surface area contributed by atoms with Crippen molar-refractivity contribution in [2.75, 3.05) is 0 Å². The number of carbonyl (C=O) groups is 1. The third-order valence-corrected chi connectivity index (χ3v) is 4.65. The fourth-order valence-electron chi connectivity index (χ4n) is 3.42. The quantitative estimate of drug-likeness (QED) is 0.460. The number of furan rings is 1. The summed E-state index contributed by atoms with van der Waals surface area (Å²) in [4.78, 5) is 15.5. The molecule has 0 spiro atoms. The largest absolute Gasteiger partial charge is 0.480 e. The fraction of sp³-hybridized carbons (Fsp3) is 0.136. The second-order valence-electron chi connectivity index (χ2n) is 6.46. The number of aromatic amines is 1. The summed E-state index contributed by atoms with van der Waals surface area (Å²) in [5, 5.41) is 14.0. The highest BCUT2D eigenvalue weighted by Crippen LogP contribution is 2.30. The van der Waals surface area contributed by atoms with Gasteiger partial charge in [0.05, 0.1) is 12.8 Å². The Kier molecular flexibility index (Phi) is 4.77. The number of para-hydroxylation sites is 1. The van der Waals surface area contributed by atoms with Crippen molar-refractivity contribution in [2.24, 2.45) is 0 Å². The first-order chi connectivity index (χ1) is 13.2. The summed E-state index contributed by atoms with van der Waals surface area (Å²) in [7, 11) is 0. The number of hydrogen-bond donors (Lipinski definition) is 3. The molecule has 3 N–H and O–H groups in total. The minimum Gasteiger partial charge on any atom is -0.480 e. The molecule has 136 valence electrons. The van der Waals surface area contributed by atoms with Gasteiger partial charge in [0.1, 0.15) is 11.8 Å². The molecule has 0 aliphatic carbocycles. The summed E-state index contributed by atoms with van der Waals surface area (Å²) in [6.45, 7) is 0.342. The molecule has 5 nitrogen and oxygen atoms in total. The molecular weight excluding hydrogens is 340 g/mol. The predicted molar refractivity (Wildman–Crippen MR) is 103 cm³/mol. The molecule has 5 heteroatoms. The van der Waals surface area contributed by atoms with E-state index in [1.165, 1.54) is 0 Å². The number of H-pyrrole nitrogens is 1. The van der Waals surface area contributed by atoms with E-state index >= 15 is 0 Å². The summed E-state index contributed by atoms with van der Waals surface area (Å²) < 4.78 is 5.33. The van der Waals surface area contributed by atoms with E-state index in [4.69, 9.17) is 4.42 Å². The standard InChI is InChI=1S/C22H20N2O3/c25-22(26)21(23-14-16-9-6-12-27-16)20-17-10-4-5-11-18(17)24-19(20)13-15-7-2-1-3-8-15/h1-12,21,23-24H,13-14H2,(H,25,26). The van der Waals surface area contributed by atoms with Crippen LogP contribution in [0.2, 0.25) is 0 Å². The molecule has 2 aromatic heterocycles. The van der Waals surface area contributed by atoms with E-state index in [2.05, 4.69) is 10.3 Å². The third kappa shape index (κ3) is 3.64. The number of fused-ring (bicyclic) bond motifs is 1. The highest BCUT2D eigenvalue weighted by atomic mass is 16.4. The Labute approximate surface area is 156 Å². The molecule has 1 unspecified atom stereocenters. The van der Waals surface area contributed by atoms with Gasteiger partial charge in [0.15, 0.2) is 0 Å². The van der Waals surface area contributed by atoms with Crippen molar-refractivity contribution in [1.29, 1.82) is 0 Å². The number of aliphatic carboxylic acids is 1. The maximum absolute atomic E-state index is 12.1. The number of hydrogen-bond acceptors (Lipinski definition) is 3. The predicted octanol–water partition coefficient (Wildman–Crippen LogP) is 4.27. The van der Waals surface area contributed by atoms with Crippen molar-refractivity contribution in [1.82, 2.24) is 10.3 Å². The van der Waals surface area contributed by atoms with Crippen LogP contribution in [0.15, 0.2) is 77.4 Å². The molecule has 4 aromatic rings. The first kappa shape index (κ1) is 17.1. The topological polar surface area (TPSA) is 78.3 Å². The van der Waals surface area contributed by atoms with Gasteiger partial charge in [0, 0.05) is 28.6 Å². The molecule has 1 atom stereocenters. The molecular formula is C22H20N2O3. The summed E-state index contributed by atoms with van der Waals surface area (Å²) in [6, 6.07) is 20.6. The lowest BCUT2D eigenvalue weighted by atomic mass is 9.98. The second kappa shape index (κ2) is 7.51. The van der Waals surface area contributed by atoms with Crippen molar-refractivity contribution < 1.29 is 14.3 Å². The van der Waals surface area contributed by atoms with Crippen LogP contribution in [0.3, 0.4) is 0 Å². The number of carboxylic acids is 1. The molecule has 0 aliphatic rings. The first-order valence-corrected chi connectivity index (χ1v) is 8.84. The maximum atomic E-state index is 12.1. The van der Waals surface area contributed by atoms with Crippen LogP contribution in [-0.2, 0) is 17.8 Å². The van der Waals surface area contributed by atoms with Crippen LogP contribution < -0.4 is 5.32 Å². The Balaban J connectivity index is 1.74. The van der Waals surface area contributed by atoms with Gasteiger partial charge in [-0.2, -0.15) is 0 Å². The minimum absolute atomic E-state index is 0.342. The molecule has 0 radical (unpaired) electrons. The highest BCUT2D eigenvalue weighted by molar-refractivity contribution is 5.90. The molecule has 4 rings (SSSR count). The van der Waals surface area contributed by atoms with E-state index in [1.54, 1.807) is 12.3 Å². The number of benzene rings is 2. The van der Waals surface area contributed by atoms with Crippen molar-refractivity contribution in [3.8, 4) is 0 Å². The van der Waals surface area contributed by atoms with Crippen molar-refractivity contribution in [2.45, 2.75) is 19.0 Å². The van der Waals surface area contributed by atoms with Crippen LogP contribution in [0.1, 0.15) is 28.6 Å². The molecule has 2 heterocycles. The van der Waals surface area contributed by atoms with Crippen LogP contribution >= 0.6 is 0 Å². The van der Waals surface area contributed by atoms with E-state index in [1.807, 2.05) is 60.7 Å². The molecule has 2 aromatic carbocycles. The molecule has 0 bridgehead atoms. The number of nitrogens with one attached hydrogen (secondary N) is 2. The van der Waals surface area contributed by atoms with E-state index < -0.39 is 12.0 Å². The van der Waals surface area contributed by atoms with E-state index in [9.17, 15) is 9.90 Å². The van der Waals surface area contributed by atoms with Crippen LogP contribution in [0, 0.1) is 0 Å². The van der Waals surface area contributed by atoms with Gasteiger partial charge in [-0.25, -0.2) is 0 Å². The average molecular weight is 360 g/mol. The lowest BCUT2D eigenvalue weighted by molar-refractivity contribution is -0.139. The Morgan fingerprint density at radius 2 is 1.81 bits per heavy atom. The van der Waals surface area contributed by atoms with Crippen molar-refractivity contribution in [3.05, 3.63) is 95.6 Å². The first-order valence-electron chi connectivity index (χ1n) is 8.84. The number of carboxylic acid groups (broad SMARTS) is 1. The number of aromatic nitrogens is 1. The van der Waals surface area contributed by atoms with Gasteiger partial charge in [-0.05, 0) is 23.8 Å². The van der Waals surface area contributed by atoms with Gasteiger partial charge < -0.3 is 14.5 Å². The summed E-state index contributed by atoms with van der Waals surface area (Å²) in [6.07, 6.45) is 2.22. The lowest BCUT2D eigenvalue weighted by Crippen LogP contribution is -2.28. The van der Waals surface area contributed by atoms with Crippen LogP contribution in [0.4, 0.5) is 0 Å². The van der Waals surface area contributed by atoms with Crippen molar-refractivity contribution in [3.63, 3.8) is 0 Å². The molecule has 0 amide bonds. The normalized spacial score (nSPS) is 12.3. The zero-order chi connectivity index (χ0) is 18.6. The Morgan fingerprint density at radius 1 is 1.04 bits per heavy atom. The van der Waals surface area contributed by atoms with E-state index in [-0.39, 0.29) is 0 Å². The van der Waals surface area contributed by atoms with Crippen LogP contribution in [0.5, 0.6) is 0 Å². The fourth-order valence-corrected chi connectivity index (χ4v) is 3.42. The van der Waals surface area contributed by atoms with Crippen LogP contribution in [-0.4, -0.2) is 16.1 Å². The van der Waals surface area contributed by atoms with E-state index in [0.29, 0.717) is 18.7 Å². The van der Waals surface area contributed by atoms with Gasteiger partial charge in [-0.3, -0.25) is 10.1 Å². The lowest BCUT2D eigenvalue weighted by Gasteiger charge is -2.16. The Hall–Kier alpha value is -3.31. The maximum Gasteiger partial charge on any atom is 0.325 e. The molecule has 27 heavy (non-hydrogen) atoms. The Morgan fingerprint density at radius 3 is 2.56 bits per heavy atom. The SMILES string of the molecule is O=C(O)C(NCc1ccco1)c1c(Cc2ccccc2)[nH]c2ccccc12.